The first-order chi connectivity index (χ1) is 7.51. The van der Waals surface area contributed by atoms with E-state index in [0.717, 1.165) is 0 Å². The minimum atomic E-state index is -0.212. The van der Waals surface area contributed by atoms with Gasteiger partial charge in [-0.3, -0.25) is 9.59 Å². The first-order valence-electron chi connectivity index (χ1n) is 4.44. The molecular formula is C10H10Br2N2O2. The van der Waals surface area contributed by atoms with Gasteiger partial charge in [0.05, 0.1) is 11.1 Å². The molecule has 1 aromatic rings. The van der Waals surface area contributed by atoms with E-state index in [-0.39, 0.29) is 11.8 Å². The van der Waals surface area contributed by atoms with Crippen LogP contribution in [0.15, 0.2) is 21.1 Å². The molecule has 86 valence electrons. The van der Waals surface area contributed by atoms with Gasteiger partial charge >= 0.3 is 0 Å². The van der Waals surface area contributed by atoms with E-state index in [2.05, 4.69) is 42.5 Å². The maximum Gasteiger partial charge on any atom is 0.252 e. The zero-order valence-electron chi connectivity index (χ0n) is 8.73. The fourth-order valence-electron chi connectivity index (χ4n) is 1.16. The molecule has 0 unspecified atom stereocenters. The van der Waals surface area contributed by atoms with Gasteiger partial charge in [-0.2, -0.15) is 0 Å². The number of amides is 2. The van der Waals surface area contributed by atoms with Crippen molar-refractivity contribution < 1.29 is 9.59 Å². The highest BCUT2D eigenvalue weighted by molar-refractivity contribution is 9.11. The highest BCUT2D eigenvalue weighted by Gasteiger charge is 2.15. The van der Waals surface area contributed by atoms with Gasteiger partial charge in [-0.1, -0.05) is 0 Å². The molecule has 0 atom stereocenters. The Bertz CT molecular complexity index is 405. The smallest absolute Gasteiger partial charge is 0.252 e. The monoisotopic (exact) mass is 348 g/mol. The molecule has 2 amide bonds. The Balaban J connectivity index is 3.27. The van der Waals surface area contributed by atoms with Gasteiger partial charge in [0, 0.05) is 23.0 Å². The number of rotatable bonds is 2. The second-order valence-electron chi connectivity index (χ2n) is 2.97. The lowest BCUT2D eigenvalue weighted by atomic mass is 10.1. The standard InChI is InChI=1S/C10H10Br2N2O2/c1-13-9(15)5-3-8(12)6(4-7(5)11)10(16)14-2/h3-4H,1-2H3,(H,13,15)(H,14,16). The summed E-state index contributed by atoms with van der Waals surface area (Å²) in [5, 5.41) is 5.04. The molecule has 0 fully saturated rings. The molecule has 0 bridgehead atoms. The highest BCUT2D eigenvalue weighted by Crippen LogP contribution is 2.26. The molecule has 0 saturated carbocycles. The van der Waals surface area contributed by atoms with Gasteiger partial charge < -0.3 is 10.6 Å². The Kier molecular flexibility index (Phi) is 4.49. The molecule has 0 aliphatic rings. The fraction of sp³-hybridized carbons (Fsp3) is 0.200. The molecule has 6 heteroatoms. The lowest BCUT2D eigenvalue weighted by molar-refractivity contribution is 0.0950. The number of benzene rings is 1. The van der Waals surface area contributed by atoms with Gasteiger partial charge in [-0.05, 0) is 44.0 Å². The normalized spacial score (nSPS) is 9.75. The van der Waals surface area contributed by atoms with E-state index in [1.165, 1.54) is 0 Å². The molecule has 0 radical (unpaired) electrons. The quantitative estimate of drug-likeness (QED) is 0.857. The van der Waals surface area contributed by atoms with Crippen LogP contribution in [0.3, 0.4) is 0 Å². The summed E-state index contributed by atoms with van der Waals surface area (Å²) in [4.78, 5) is 22.9. The minimum absolute atomic E-state index is 0.212. The summed E-state index contributed by atoms with van der Waals surface area (Å²) in [7, 11) is 3.10. The topological polar surface area (TPSA) is 58.2 Å². The third-order valence-corrected chi connectivity index (χ3v) is 3.31. The van der Waals surface area contributed by atoms with Crippen molar-refractivity contribution in [3.63, 3.8) is 0 Å². The van der Waals surface area contributed by atoms with Crippen molar-refractivity contribution >= 4 is 43.7 Å². The highest BCUT2D eigenvalue weighted by atomic mass is 79.9. The molecule has 1 aromatic carbocycles. The van der Waals surface area contributed by atoms with Crippen LogP contribution >= 0.6 is 31.9 Å². The van der Waals surface area contributed by atoms with E-state index in [4.69, 9.17) is 0 Å². The lowest BCUT2D eigenvalue weighted by Gasteiger charge is -2.08. The van der Waals surface area contributed by atoms with Crippen LogP contribution in [0.5, 0.6) is 0 Å². The van der Waals surface area contributed by atoms with Crippen molar-refractivity contribution in [1.29, 1.82) is 0 Å². The molecule has 0 aromatic heterocycles. The number of nitrogens with one attached hydrogen (secondary N) is 2. The van der Waals surface area contributed by atoms with Crippen LogP contribution < -0.4 is 10.6 Å². The number of hydrogen-bond donors (Lipinski definition) is 2. The number of halogens is 2. The first-order valence-corrected chi connectivity index (χ1v) is 6.03. The third kappa shape index (κ3) is 2.62. The van der Waals surface area contributed by atoms with E-state index in [1.54, 1.807) is 26.2 Å². The summed E-state index contributed by atoms with van der Waals surface area (Å²) in [6.07, 6.45) is 0. The van der Waals surface area contributed by atoms with Crippen molar-refractivity contribution in [2.45, 2.75) is 0 Å². The lowest BCUT2D eigenvalue weighted by Crippen LogP contribution is -2.21. The molecule has 0 heterocycles. The van der Waals surface area contributed by atoms with E-state index >= 15 is 0 Å². The maximum atomic E-state index is 11.5. The van der Waals surface area contributed by atoms with Crippen LogP contribution in [0.2, 0.25) is 0 Å². The molecule has 0 saturated heterocycles. The largest absolute Gasteiger partial charge is 0.355 e. The number of carbonyl (C=O) groups excluding carboxylic acids is 2. The van der Waals surface area contributed by atoms with Gasteiger partial charge in [0.15, 0.2) is 0 Å². The van der Waals surface area contributed by atoms with Gasteiger partial charge in [-0.15, -0.1) is 0 Å². The average molecular weight is 350 g/mol. The zero-order chi connectivity index (χ0) is 12.3. The van der Waals surface area contributed by atoms with Crippen LogP contribution in [-0.4, -0.2) is 25.9 Å². The minimum Gasteiger partial charge on any atom is -0.355 e. The predicted molar refractivity (Wildman–Crippen MR) is 68.6 cm³/mol. The van der Waals surface area contributed by atoms with Crippen molar-refractivity contribution in [3.8, 4) is 0 Å². The van der Waals surface area contributed by atoms with Crippen LogP contribution in [-0.2, 0) is 0 Å². The van der Waals surface area contributed by atoms with Crippen LogP contribution in [0.4, 0.5) is 0 Å². The first kappa shape index (κ1) is 13.2. The predicted octanol–water partition coefficient (Wildman–Crippen LogP) is 1.93. The van der Waals surface area contributed by atoms with Crippen LogP contribution in [0.1, 0.15) is 20.7 Å². The van der Waals surface area contributed by atoms with Gasteiger partial charge in [0.25, 0.3) is 11.8 Å². The fourth-order valence-corrected chi connectivity index (χ4v) is 2.21. The molecule has 0 aliphatic heterocycles. The summed E-state index contributed by atoms with van der Waals surface area (Å²) in [5.74, 6) is -0.424. The summed E-state index contributed by atoms with van der Waals surface area (Å²) in [5.41, 5.74) is 0.948. The van der Waals surface area contributed by atoms with Gasteiger partial charge in [-0.25, -0.2) is 0 Å². The summed E-state index contributed by atoms with van der Waals surface area (Å²) < 4.78 is 1.15. The Morgan fingerprint density at radius 2 is 1.25 bits per heavy atom. The second-order valence-corrected chi connectivity index (χ2v) is 4.68. The summed E-state index contributed by atoms with van der Waals surface area (Å²) >= 11 is 6.52. The van der Waals surface area contributed by atoms with E-state index in [0.29, 0.717) is 20.1 Å². The Labute approximate surface area is 110 Å². The SMILES string of the molecule is CNC(=O)c1cc(Br)c(C(=O)NC)cc1Br. The molecule has 1 rings (SSSR count). The second kappa shape index (κ2) is 5.45. The van der Waals surface area contributed by atoms with Gasteiger partial charge in [0.2, 0.25) is 0 Å². The molecule has 0 aliphatic carbocycles. The average Bonchev–Trinajstić information content (AvgIpc) is 2.29. The van der Waals surface area contributed by atoms with E-state index in [9.17, 15) is 9.59 Å². The number of hydrogen-bond acceptors (Lipinski definition) is 2. The Hall–Kier alpha value is -0.880. The van der Waals surface area contributed by atoms with Crippen LogP contribution in [0.25, 0.3) is 0 Å². The third-order valence-electron chi connectivity index (χ3n) is 2.00. The molecule has 16 heavy (non-hydrogen) atoms. The van der Waals surface area contributed by atoms with Crippen molar-refractivity contribution in [2.24, 2.45) is 0 Å². The molecular weight excluding hydrogens is 340 g/mol. The van der Waals surface area contributed by atoms with Crippen molar-refractivity contribution in [3.05, 3.63) is 32.2 Å². The van der Waals surface area contributed by atoms with E-state index in [1.807, 2.05) is 0 Å². The summed E-state index contributed by atoms with van der Waals surface area (Å²) in [6, 6.07) is 3.21. The molecule has 2 N–H and O–H groups in total. The number of carbonyl (C=O) groups is 2. The zero-order valence-corrected chi connectivity index (χ0v) is 11.9. The van der Waals surface area contributed by atoms with E-state index < -0.39 is 0 Å². The maximum absolute atomic E-state index is 11.5. The Morgan fingerprint density at radius 1 is 0.938 bits per heavy atom. The van der Waals surface area contributed by atoms with Crippen molar-refractivity contribution in [1.82, 2.24) is 10.6 Å². The van der Waals surface area contributed by atoms with Crippen molar-refractivity contribution in [2.75, 3.05) is 14.1 Å². The van der Waals surface area contributed by atoms with Gasteiger partial charge in [0.1, 0.15) is 0 Å². The Morgan fingerprint density at radius 3 is 1.50 bits per heavy atom. The molecule has 0 spiro atoms. The van der Waals surface area contributed by atoms with Crippen LogP contribution in [0, 0.1) is 0 Å². The summed E-state index contributed by atoms with van der Waals surface area (Å²) in [6.45, 7) is 0. The molecule has 4 nitrogen and oxygen atoms in total.